The van der Waals surface area contributed by atoms with E-state index >= 15 is 0 Å². The average Bonchev–Trinajstić information content (AvgIpc) is 2.29. The smallest absolute Gasteiger partial charge is 0.115 e. The molecule has 0 aliphatic rings. The Morgan fingerprint density at radius 3 is 2.38 bits per heavy atom. The Labute approximate surface area is 98.7 Å². The lowest BCUT2D eigenvalue weighted by molar-refractivity contribution is 0.399. The van der Waals surface area contributed by atoms with Crippen molar-refractivity contribution in [2.24, 2.45) is 5.92 Å². The first-order valence-electron chi connectivity index (χ1n) is 6.14. The second kappa shape index (κ2) is 6.54. The van der Waals surface area contributed by atoms with Gasteiger partial charge in [0.25, 0.3) is 0 Å². The normalized spacial score (nSPS) is 14.7. The fourth-order valence-corrected chi connectivity index (χ4v) is 1.75. The van der Waals surface area contributed by atoms with Gasteiger partial charge in [0.05, 0.1) is 0 Å². The van der Waals surface area contributed by atoms with Gasteiger partial charge in [-0.05, 0) is 49.9 Å². The van der Waals surface area contributed by atoms with Crippen LogP contribution in [0, 0.1) is 5.92 Å². The van der Waals surface area contributed by atoms with Crippen molar-refractivity contribution in [2.75, 3.05) is 6.54 Å². The summed E-state index contributed by atoms with van der Waals surface area (Å²) in [5, 5.41) is 12.7. The van der Waals surface area contributed by atoms with Gasteiger partial charge in [-0.25, -0.2) is 0 Å². The molecule has 16 heavy (non-hydrogen) atoms. The summed E-state index contributed by atoms with van der Waals surface area (Å²) < 4.78 is 0. The van der Waals surface area contributed by atoms with Gasteiger partial charge in [0, 0.05) is 6.04 Å². The lowest BCUT2D eigenvalue weighted by atomic mass is 9.95. The first-order chi connectivity index (χ1) is 7.63. The third kappa shape index (κ3) is 4.23. The molecule has 2 heteroatoms. The van der Waals surface area contributed by atoms with Crippen molar-refractivity contribution in [3.63, 3.8) is 0 Å². The van der Waals surface area contributed by atoms with E-state index < -0.39 is 0 Å². The Balaban J connectivity index is 2.43. The van der Waals surface area contributed by atoms with Crippen LogP contribution in [-0.4, -0.2) is 17.7 Å². The average molecular weight is 221 g/mol. The van der Waals surface area contributed by atoms with Gasteiger partial charge in [-0.3, -0.25) is 0 Å². The van der Waals surface area contributed by atoms with Crippen molar-refractivity contribution in [2.45, 2.75) is 39.7 Å². The molecule has 2 unspecified atom stereocenters. The van der Waals surface area contributed by atoms with Crippen LogP contribution in [-0.2, 0) is 6.42 Å². The highest BCUT2D eigenvalue weighted by Crippen LogP contribution is 2.15. The molecule has 0 aliphatic heterocycles. The molecule has 2 nitrogen and oxygen atoms in total. The van der Waals surface area contributed by atoms with Crippen molar-refractivity contribution >= 4 is 0 Å². The summed E-state index contributed by atoms with van der Waals surface area (Å²) in [5.41, 5.74) is 1.29. The fourth-order valence-electron chi connectivity index (χ4n) is 1.75. The first-order valence-corrected chi connectivity index (χ1v) is 6.14. The maximum atomic E-state index is 9.20. The number of rotatable bonds is 6. The Morgan fingerprint density at radius 2 is 1.81 bits per heavy atom. The predicted octanol–water partition coefficient (Wildman–Crippen LogP) is 2.96. The molecule has 2 atom stereocenters. The topological polar surface area (TPSA) is 32.3 Å². The van der Waals surface area contributed by atoms with E-state index in [1.54, 1.807) is 12.1 Å². The van der Waals surface area contributed by atoms with Gasteiger partial charge in [-0.2, -0.15) is 0 Å². The largest absolute Gasteiger partial charge is 0.508 e. The molecule has 0 spiro atoms. The number of hydrogen-bond donors (Lipinski definition) is 2. The van der Waals surface area contributed by atoms with Crippen LogP contribution in [0.1, 0.15) is 32.8 Å². The van der Waals surface area contributed by atoms with Gasteiger partial charge in [0.2, 0.25) is 0 Å². The summed E-state index contributed by atoms with van der Waals surface area (Å²) in [4.78, 5) is 0. The Bertz CT molecular complexity index is 294. The molecule has 1 aromatic rings. The molecule has 0 bridgehead atoms. The van der Waals surface area contributed by atoms with Crippen LogP contribution in [0.25, 0.3) is 0 Å². The van der Waals surface area contributed by atoms with E-state index in [4.69, 9.17) is 0 Å². The second-order valence-corrected chi connectivity index (χ2v) is 4.59. The summed E-state index contributed by atoms with van der Waals surface area (Å²) >= 11 is 0. The van der Waals surface area contributed by atoms with Crippen LogP contribution in [0.3, 0.4) is 0 Å². The summed E-state index contributed by atoms with van der Waals surface area (Å²) in [7, 11) is 0. The molecular formula is C14H23NO. The molecule has 0 amide bonds. The fraction of sp³-hybridized carbons (Fsp3) is 0.571. The molecule has 0 aliphatic carbocycles. The third-order valence-electron chi connectivity index (χ3n) is 3.06. The van der Waals surface area contributed by atoms with Gasteiger partial charge in [-0.15, -0.1) is 0 Å². The van der Waals surface area contributed by atoms with E-state index in [0.717, 1.165) is 13.0 Å². The molecule has 0 heterocycles. The molecular weight excluding hydrogens is 198 g/mol. The summed E-state index contributed by atoms with van der Waals surface area (Å²) in [6, 6.07) is 8.04. The van der Waals surface area contributed by atoms with E-state index in [1.807, 2.05) is 12.1 Å². The van der Waals surface area contributed by atoms with Crippen molar-refractivity contribution in [3.8, 4) is 5.75 Å². The lowest BCUT2D eigenvalue weighted by Crippen LogP contribution is -2.33. The molecule has 0 aromatic heterocycles. The van der Waals surface area contributed by atoms with E-state index in [1.165, 1.54) is 12.0 Å². The molecule has 90 valence electrons. The third-order valence-corrected chi connectivity index (χ3v) is 3.06. The number of hydrogen-bond acceptors (Lipinski definition) is 2. The Kier molecular flexibility index (Phi) is 5.33. The zero-order chi connectivity index (χ0) is 12.0. The van der Waals surface area contributed by atoms with Gasteiger partial charge in [-0.1, -0.05) is 26.0 Å². The second-order valence-electron chi connectivity index (χ2n) is 4.59. The Hall–Kier alpha value is -1.02. The number of aromatic hydroxyl groups is 1. The quantitative estimate of drug-likeness (QED) is 0.774. The van der Waals surface area contributed by atoms with Crippen molar-refractivity contribution in [1.29, 1.82) is 0 Å². The van der Waals surface area contributed by atoms with Crippen molar-refractivity contribution < 1.29 is 5.11 Å². The van der Waals surface area contributed by atoms with E-state index in [0.29, 0.717) is 17.7 Å². The highest BCUT2D eigenvalue weighted by Gasteiger charge is 2.11. The van der Waals surface area contributed by atoms with Crippen LogP contribution in [0.5, 0.6) is 5.75 Å². The number of phenolic OH excluding ortho intramolecular Hbond substituents is 1. The SMILES string of the molecule is CCCNC(C)C(C)Cc1ccc(O)cc1. The van der Waals surface area contributed by atoms with E-state index in [2.05, 4.69) is 26.1 Å². The summed E-state index contributed by atoms with van der Waals surface area (Å²) in [6.07, 6.45) is 2.23. The van der Waals surface area contributed by atoms with Gasteiger partial charge >= 0.3 is 0 Å². The Morgan fingerprint density at radius 1 is 1.19 bits per heavy atom. The highest BCUT2D eigenvalue weighted by atomic mass is 16.3. The zero-order valence-corrected chi connectivity index (χ0v) is 10.5. The molecule has 0 radical (unpaired) electrons. The zero-order valence-electron chi connectivity index (χ0n) is 10.5. The van der Waals surface area contributed by atoms with Gasteiger partial charge in [0.15, 0.2) is 0 Å². The van der Waals surface area contributed by atoms with Crippen molar-refractivity contribution in [3.05, 3.63) is 29.8 Å². The highest BCUT2D eigenvalue weighted by molar-refractivity contribution is 5.26. The minimum atomic E-state index is 0.341. The molecule has 1 rings (SSSR count). The van der Waals surface area contributed by atoms with Gasteiger partial charge < -0.3 is 10.4 Å². The monoisotopic (exact) mass is 221 g/mol. The minimum absolute atomic E-state index is 0.341. The summed E-state index contributed by atoms with van der Waals surface area (Å²) in [6.45, 7) is 7.77. The standard InChI is InChI=1S/C14H23NO/c1-4-9-15-12(3)11(2)10-13-5-7-14(16)8-6-13/h5-8,11-12,15-16H,4,9-10H2,1-3H3. The van der Waals surface area contributed by atoms with Crippen LogP contribution in [0.2, 0.25) is 0 Å². The van der Waals surface area contributed by atoms with E-state index in [9.17, 15) is 5.11 Å². The molecule has 2 N–H and O–H groups in total. The number of phenols is 1. The predicted molar refractivity (Wildman–Crippen MR) is 68.7 cm³/mol. The number of nitrogens with one attached hydrogen (secondary N) is 1. The van der Waals surface area contributed by atoms with Crippen LogP contribution in [0.15, 0.2) is 24.3 Å². The van der Waals surface area contributed by atoms with E-state index in [-0.39, 0.29) is 0 Å². The molecule has 0 saturated carbocycles. The maximum absolute atomic E-state index is 9.20. The molecule has 0 saturated heterocycles. The summed E-state index contributed by atoms with van der Waals surface area (Å²) in [5.74, 6) is 0.949. The van der Waals surface area contributed by atoms with Crippen LogP contribution < -0.4 is 5.32 Å². The minimum Gasteiger partial charge on any atom is -0.508 e. The van der Waals surface area contributed by atoms with Crippen molar-refractivity contribution in [1.82, 2.24) is 5.32 Å². The molecule has 1 aromatic carbocycles. The molecule has 0 fully saturated rings. The van der Waals surface area contributed by atoms with Gasteiger partial charge in [0.1, 0.15) is 5.75 Å². The lowest BCUT2D eigenvalue weighted by Gasteiger charge is -2.21. The first kappa shape index (κ1) is 13.0. The van der Waals surface area contributed by atoms with Crippen LogP contribution >= 0.6 is 0 Å². The van der Waals surface area contributed by atoms with Crippen LogP contribution in [0.4, 0.5) is 0 Å². The maximum Gasteiger partial charge on any atom is 0.115 e. The number of benzene rings is 1.